The Balaban J connectivity index is 1.84. The molecule has 0 aliphatic carbocycles. The van der Waals surface area contributed by atoms with Gasteiger partial charge in [-0.2, -0.15) is 0 Å². The molecule has 1 fully saturated rings. The summed E-state index contributed by atoms with van der Waals surface area (Å²) >= 11 is 5.25. The summed E-state index contributed by atoms with van der Waals surface area (Å²) < 4.78 is 60.9. The number of sulfonamides is 1. The monoisotopic (exact) mass is 454 g/mol. The van der Waals surface area contributed by atoms with E-state index in [9.17, 15) is 22.0 Å². The molecule has 1 amide bonds. The molecule has 10 heteroatoms. The first-order valence-electron chi connectivity index (χ1n) is 9.04. The van der Waals surface area contributed by atoms with E-state index in [1.807, 2.05) is 0 Å². The standard InChI is InChI=1S/C20H20F2N2O4S2/c1-12-8-17(16(22)10-15(12)21)23-19(25)13-4-3-5-14(9-13)30(26,27)24-20(2)6-7-28-11-18(20)29/h3-5,8-10,24H,6-7,11H2,1-2H3,(H,23,25)/t20-/m0/s1. The van der Waals surface area contributed by atoms with Gasteiger partial charge in [-0.25, -0.2) is 21.9 Å². The van der Waals surface area contributed by atoms with E-state index in [-0.39, 0.29) is 28.3 Å². The second kappa shape index (κ2) is 8.46. The number of halogens is 2. The molecule has 1 saturated heterocycles. The van der Waals surface area contributed by atoms with Gasteiger partial charge in [0, 0.05) is 23.1 Å². The molecule has 0 spiro atoms. The normalized spacial score (nSPS) is 19.5. The smallest absolute Gasteiger partial charge is 0.255 e. The van der Waals surface area contributed by atoms with Crippen molar-refractivity contribution in [3.63, 3.8) is 0 Å². The number of nitrogens with one attached hydrogen (secondary N) is 2. The maximum absolute atomic E-state index is 13.9. The zero-order chi connectivity index (χ0) is 22.1. The highest BCUT2D eigenvalue weighted by atomic mass is 32.2. The lowest BCUT2D eigenvalue weighted by Crippen LogP contribution is -2.55. The summed E-state index contributed by atoms with van der Waals surface area (Å²) in [6, 6.07) is 7.15. The highest BCUT2D eigenvalue weighted by Crippen LogP contribution is 2.23. The zero-order valence-electron chi connectivity index (χ0n) is 16.3. The van der Waals surface area contributed by atoms with Crippen molar-refractivity contribution in [1.29, 1.82) is 0 Å². The maximum atomic E-state index is 13.9. The Labute approximate surface area is 178 Å². The van der Waals surface area contributed by atoms with Crippen LogP contribution < -0.4 is 10.0 Å². The minimum Gasteiger partial charge on any atom is -0.376 e. The molecule has 1 atom stereocenters. The first-order valence-corrected chi connectivity index (χ1v) is 10.9. The number of carbonyl (C=O) groups excluding carboxylic acids is 1. The van der Waals surface area contributed by atoms with Gasteiger partial charge in [-0.05, 0) is 50.1 Å². The van der Waals surface area contributed by atoms with Crippen LogP contribution in [0.2, 0.25) is 0 Å². The first-order chi connectivity index (χ1) is 14.0. The molecule has 3 rings (SSSR count). The van der Waals surface area contributed by atoms with Gasteiger partial charge in [0.15, 0.2) is 0 Å². The Morgan fingerprint density at radius 2 is 1.93 bits per heavy atom. The van der Waals surface area contributed by atoms with E-state index in [2.05, 4.69) is 10.0 Å². The SMILES string of the molecule is Cc1cc(NC(=O)c2cccc(S(=O)(=O)N[C@@]3(C)CCOCC3=S)c2)c(F)cc1F. The minimum atomic E-state index is -4.00. The molecule has 0 unspecified atom stereocenters. The van der Waals surface area contributed by atoms with Gasteiger partial charge < -0.3 is 10.1 Å². The fourth-order valence-corrected chi connectivity index (χ4v) is 4.73. The summed E-state index contributed by atoms with van der Waals surface area (Å²) in [4.78, 5) is 12.8. The number of hydrogen-bond acceptors (Lipinski definition) is 5. The largest absolute Gasteiger partial charge is 0.376 e. The summed E-state index contributed by atoms with van der Waals surface area (Å²) in [6.45, 7) is 3.67. The second-order valence-corrected chi connectivity index (χ2v) is 9.40. The van der Waals surface area contributed by atoms with Crippen molar-refractivity contribution in [3.8, 4) is 0 Å². The van der Waals surface area contributed by atoms with Crippen LogP contribution in [0, 0.1) is 18.6 Å². The molecule has 1 aliphatic heterocycles. The van der Waals surface area contributed by atoms with Crippen molar-refractivity contribution in [3.05, 3.63) is 59.2 Å². The molecule has 2 aromatic carbocycles. The number of aryl methyl sites for hydroxylation is 1. The van der Waals surface area contributed by atoms with Crippen molar-refractivity contribution in [2.75, 3.05) is 18.5 Å². The van der Waals surface area contributed by atoms with Crippen LogP contribution in [0.3, 0.4) is 0 Å². The topological polar surface area (TPSA) is 84.5 Å². The Morgan fingerprint density at radius 3 is 2.63 bits per heavy atom. The molecule has 160 valence electrons. The summed E-state index contributed by atoms with van der Waals surface area (Å²) in [5.74, 6) is -2.40. The predicted octanol–water partition coefficient (Wildman–Crippen LogP) is 3.35. The van der Waals surface area contributed by atoms with E-state index in [0.717, 1.165) is 6.07 Å². The third kappa shape index (κ3) is 4.72. The molecule has 1 aliphatic rings. The number of anilines is 1. The van der Waals surface area contributed by atoms with Gasteiger partial charge in [0.2, 0.25) is 10.0 Å². The van der Waals surface area contributed by atoms with Crippen LogP contribution in [-0.2, 0) is 14.8 Å². The summed E-state index contributed by atoms with van der Waals surface area (Å²) in [5.41, 5.74) is -0.989. The second-order valence-electron chi connectivity index (χ2n) is 7.23. The van der Waals surface area contributed by atoms with E-state index in [4.69, 9.17) is 17.0 Å². The van der Waals surface area contributed by atoms with Gasteiger partial charge in [0.05, 0.1) is 22.7 Å². The summed E-state index contributed by atoms with van der Waals surface area (Å²) in [5, 5.41) is 2.34. The molecule has 0 radical (unpaired) electrons. The van der Waals surface area contributed by atoms with Gasteiger partial charge in [-0.3, -0.25) is 4.79 Å². The van der Waals surface area contributed by atoms with Gasteiger partial charge in [-0.1, -0.05) is 18.3 Å². The number of carbonyl (C=O) groups is 1. The maximum Gasteiger partial charge on any atom is 0.255 e. The average Bonchev–Trinajstić information content (AvgIpc) is 2.68. The number of hydrogen-bond donors (Lipinski definition) is 2. The minimum absolute atomic E-state index is 0.000963. The predicted molar refractivity (Wildman–Crippen MR) is 112 cm³/mol. The Bertz CT molecular complexity index is 1120. The quantitative estimate of drug-likeness (QED) is 0.677. The third-order valence-corrected chi connectivity index (χ3v) is 7.02. The number of amides is 1. The summed E-state index contributed by atoms with van der Waals surface area (Å²) in [6.07, 6.45) is 0.383. The highest BCUT2D eigenvalue weighted by molar-refractivity contribution is 7.89. The molecule has 30 heavy (non-hydrogen) atoms. The Morgan fingerprint density at radius 1 is 1.20 bits per heavy atom. The molecular weight excluding hydrogens is 434 g/mol. The van der Waals surface area contributed by atoms with Gasteiger partial charge in [-0.15, -0.1) is 0 Å². The van der Waals surface area contributed by atoms with Crippen molar-refractivity contribution >= 4 is 38.7 Å². The van der Waals surface area contributed by atoms with Crippen molar-refractivity contribution in [1.82, 2.24) is 4.72 Å². The number of rotatable bonds is 5. The van der Waals surface area contributed by atoms with Crippen LogP contribution in [0.25, 0.3) is 0 Å². The fraction of sp³-hybridized carbons (Fsp3) is 0.300. The van der Waals surface area contributed by atoms with Crippen LogP contribution in [0.4, 0.5) is 14.5 Å². The lowest BCUT2D eigenvalue weighted by molar-refractivity contribution is 0.102. The number of thiocarbonyl (C=S) groups is 1. The fourth-order valence-electron chi connectivity index (χ4n) is 2.96. The van der Waals surface area contributed by atoms with Crippen molar-refractivity contribution < 1.29 is 26.7 Å². The van der Waals surface area contributed by atoms with Crippen LogP contribution in [0.15, 0.2) is 41.3 Å². The molecule has 0 saturated carbocycles. The Hall–Kier alpha value is -2.27. The average molecular weight is 455 g/mol. The van der Waals surface area contributed by atoms with E-state index < -0.39 is 33.1 Å². The molecule has 1 heterocycles. The van der Waals surface area contributed by atoms with E-state index in [1.165, 1.54) is 31.2 Å². The lowest BCUT2D eigenvalue weighted by atomic mass is 9.94. The van der Waals surface area contributed by atoms with Crippen LogP contribution in [-0.4, -0.2) is 37.9 Å². The third-order valence-electron chi connectivity index (χ3n) is 4.86. The molecule has 0 aromatic heterocycles. The summed E-state index contributed by atoms with van der Waals surface area (Å²) in [7, 11) is -4.00. The van der Waals surface area contributed by atoms with Crippen LogP contribution in [0.1, 0.15) is 29.3 Å². The van der Waals surface area contributed by atoms with Gasteiger partial charge >= 0.3 is 0 Å². The lowest BCUT2D eigenvalue weighted by Gasteiger charge is -2.34. The van der Waals surface area contributed by atoms with Gasteiger partial charge in [0.1, 0.15) is 11.6 Å². The first kappa shape index (κ1) is 22.4. The van der Waals surface area contributed by atoms with Crippen LogP contribution in [0.5, 0.6) is 0 Å². The molecule has 0 bridgehead atoms. The van der Waals surface area contributed by atoms with E-state index >= 15 is 0 Å². The Kier molecular flexibility index (Phi) is 6.32. The molecular formula is C20H20F2N2O4S2. The molecule has 2 aromatic rings. The molecule has 2 N–H and O–H groups in total. The number of ether oxygens (including phenoxy) is 1. The van der Waals surface area contributed by atoms with Gasteiger partial charge in [0.25, 0.3) is 5.91 Å². The van der Waals surface area contributed by atoms with Crippen molar-refractivity contribution in [2.45, 2.75) is 30.7 Å². The molecule has 6 nitrogen and oxygen atoms in total. The van der Waals surface area contributed by atoms with Crippen molar-refractivity contribution in [2.24, 2.45) is 0 Å². The van der Waals surface area contributed by atoms with E-state index in [1.54, 1.807) is 6.92 Å². The number of benzene rings is 2. The van der Waals surface area contributed by atoms with Crippen LogP contribution >= 0.6 is 12.2 Å². The zero-order valence-corrected chi connectivity index (χ0v) is 17.9. The van der Waals surface area contributed by atoms with E-state index in [0.29, 0.717) is 24.0 Å². The highest BCUT2D eigenvalue weighted by Gasteiger charge is 2.37.